The van der Waals surface area contributed by atoms with Crippen molar-refractivity contribution in [3.05, 3.63) is 66.2 Å². The molecule has 0 saturated carbocycles. The molecule has 0 saturated heterocycles. The Hall–Kier alpha value is -2.95. The highest BCUT2D eigenvalue weighted by Gasteiger charge is 2.13. The number of methoxy groups -OCH3 is 1. The van der Waals surface area contributed by atoms with E-state index in [1.807, 2.05) is 36.4 Å². The zero-order valence-corrected chi connectivity index (χ0v) is 13.8. The molecule has 1 amide bonds. The monoisotopic (exact) mass is 321 g/mol. The molecule has 2 aromatic carbocycles. The smallest absolute Gasteiger partial charge is 0.227 e. The minimum absolute atomic E-state index is 0.0379. The number of amides is 1. The summed E-state index contributed by atoms with van der Waals surface area (Å²) in [5.41, 5.74) is 1.76. The Balaban J connectivity index is 1.80. The summed E-state index contributed by atoms with van der Waals surface area (Å²) in [6.07, 6.45) is 5.26. The molecule has 0 aliphatic rings. The van der Waals surface area contributed by atoms with Gasteiger partial charge in [0.2, 0.25) is 5.91 Å². The highest BCUT2D eigenvalue weighted by molar-refractivity contribution is 5.91. The number of carbonyl (C=O) groups is 1. The largest absolute Gasteiger partial charge is 0.497 e. The van der Waals surface area contributed by atoms with Crippen molar-refractivity contribution in [2.45, 2.75) is 13.0 Å². The van der Waals surface area contributed by atoms with Gasteiger partial charge in [0.1, 0.15) is 5.75 Å². The van der Waals surface area contributed by atoms with Crippen LogP contribution in [0.3, 0.4) is 0 Å². The average Bonchev–Trinajstić information content (AvgIpc) is 2.62. The van der Waals surface area contributed by atoms with E-state index in [0.29, 0.717) is 13.0 Å². The van der Waals surface area contributed by atoms with Gasteiger partial charge in [0, 0.05) is 19.4 Å². The predicted molar refractivity (Wildman–Crippen MR) is 92.7 cm³/mol. The first-order valence-electron chi connectivity index (χ1n) is 7.72. The SMILES string of the molecule is COc1ccc2cccc(CC(=O)N(C)Cc3cnccn3)c2c1. The van der Waals surface area contributed by atoms with Crippen LogP contribution < -0.4 is 4.74 Å². The van der Waals surface area contributed by atoms with Gasteiger partial charge in [-0.2, -0.15) is 0 Å². The molecule has 5 nitrogen and oxygen atoms in total. The van der Waals surface area contributed by atoms with E-state index >= 15 is 0 Å². The summed E-state index contributed by atoms with van der Waals surface area (Å²) in [7, 11) is 3.42. The number of hydrogen-bond acceptors (Lipinski definition) is 4. The zero-order valence-electron chi connectivity index (χ0n) is 13.8. The van der Waals surface area contributed by atoms with E-state index in [2.05, 4.69) is 9.97 Å². The Morgan fingerprint density at radius 2 is 2.08 bits per heavy atom. The summed E-state index contributed by atoms with van der Waals surface area (Å²) < 4.78 is 5.30. The topological polar surface area (TPSA) is 55.3 Å². The van der Waals surface area contributed by atoms with Gasteiger partial charge in [0.15, 0.2) is 0 Å². The van der Waals surface area contributed by atoms with Crippen LogP contribution >= 0.6 is 0 Å². The van der Waals surface area contributed by atoms with Gasteiger partial charge < -0.3 is 9.64 Å². The highest BCUT2D eigenvalue weighted by atomic mass is 16.5. The fourth-order valence-electron chi connectivity index (χ4n) is 2.64. The third-order valence-corrected chi connectivity index (χ3v) is 3.96. The third kappa shape index (κ3) is 3.51. The molecule has 0 N–H and O–H groups in total. The normalized spacial score (nSPS) is 10.6. The number of benzene rings is 2. The molecule has 1 aromatic heterocycles. The summed E-state index contributed by atoms with van der Waals surface area (Å²) in [4.78, 5) is 22.5. The van der Waals surface area contributed by atoms with Gasteiger partial charge in [0.05, 0.1) is 32.0 Å². The number of likely N-dealkylation sites (N-methyl/N-ethyl adjacent to an activating group) is 1. The van der Waals surface area contributed by atoms with Gasteiger partial charge in [0.25, 0.3) is 0 Å². The Morgan fingerprint density at radius 3 is 2.83 bits per heavy atom. The van der Waals surface area contributed by atoms with Crippen molar-refractivity contribution in [1.82, 2.24) is 14.9 Å². The maximum Gasteiger partial charge on any atom is 0.227 e. The lowest BCUT2D eigenvalue weighted by Crippen LogP contribution is -2.28. The molecule has 0 aliphatic carbocycles. The molecule has 0 unspecified atom stereocenters. The lowest BCUT2D eigenvalue weighted by atomic mass is 10.0. The average molecular weight is 321 g/mol. The van der Waals surface area contributed by atoms with Crippen molar-refractivity contribution in [2.75, 3.05) is 14.2 Å². The summed E-state index contributed by atoms with van der Waals surface area (Å²) in [6, 6.07) is 11.9. The molecule has 122 valence electrons. The van der Waals surface area contributed by atoms with Gasteiger partial charge >= 0.3 is 0 Å². The number of carbonyl (C=O) groups excluding carboxylic acids is 1. The Morgan fingerprint density at radius 1 is 1.21 bits per heavy atom. The molecule has 24 heavy (non-hydrogen) atoms. The van der Waals surface area contributed by atoms with Gasteiger partial charge in [-0.3, -0.25) is 14.8 Å². The molecule has 0 aliphatic heterocycles. The summed E-state index contributed by atoms with van der Waals surface area (Å²) in [5, 5.41) is 2.13. The summed E-state index contributed by atoms with van der Waals surface area (Å²) in [5.74, 6) is 0.825. The first kappa shape index (κ1) is 15.9. The van der Waals surface area contributed by atoms with Crippen molar-refractivity contribution in [3.8, 4) is 5.75 Å². The van der Waals surface area contributed by atoms with Crippen LogP contribution in [0.15, 0.2) is 55.0 Å². The maximum absolute atomic E-state index is 12.6. The quantitative estimate of drug-likeness (QED) is 0.725. The second kappa shape index (κ2) is 7.08. The number of rotatable bonds is 5. The fraction of sp³-hybridized carbons (Fsp3) is 0.211. The van der Waals surface area contributed by atoms with Crippen LogP contribution in [-0.2, 0) is 17.8 Å². The highest BCUT2D eigenvalue weighted by Crippen LogP contribution is 2.24. The molecule has 0 spiro atoms. The first-order valence-corrected chi connectivity index (χ1v) is 7.72. The first-order chi connectivity index (χ1) is 11.7. The predicted octanol–water partition coefficient (Wildman–Crippen LogP) is 2.84. The van der Waals surface area contributed by atoms with Crippen LogP contribution in [0.5, 0.6) is 5.75 Å². The molecule has 5 heteroatoms. The minimum Gasteiger partial charge on any atom is -0.497 e. The lowest BCUT2D eigenvalue weighted by molar-refractivity contribution is -0.129. The van der Waals surface area contributed by atoms with E-state index < -0.39 is 0 Å². The third-order valence-electron chi connectivity index (χ3n) is 3.96. The second-order valence-corrected chi connectivity index (χ2v) is 5.63. The van der Waals surface area contributed by atoms with E-state index in [1.165, 1.54) is 0 Å². The molecule has 0 radical (unpaired) electrons. The van der Waals surface area contributed by atoms with Crippen molar-refractivity contribution in [2.24, 2.45) is 0 Å². The molecule has 3 rings (SSSR count). The Kier molecular flexibility index (Phi) is 4.70. The van der Waals surface area contributed by atoms with Gasteiger partial charge in [-0.1, -0.05) is 24.3 Å². The van der Waals surface area contributed by atoms with Crippen molar-refractivity contribution in [1.29, 1.82) is 0 Å². The van der Waals surface area contributed by atoms with E-state index in [9.17, 15) is 4.79 Å². The maximum atomic E-state index is 12.6. The van der Waals surface area contributed by atoms with Crippen LogP contribution in [0, 0.1) is 0 Å². The van der Waals surface area contributed by atoms with Crippen LogP contribution in [0.25, 0.3) is 10.8 Å². The van der Waals surface area contributed by atoms with Crippen molar-refractivity contribution in [3.63, 3.8) is 0 Å². The molecule has 0 fully saturated rings. The minimum atomic E-state index is 0.0379. The fourth-order valence-corrected chi connectivity index (χ4v) is 2.64. The molecule has 0 atom stereocenters. The summed E-state index contributed by atoms with van der Waals surface area (Å²) >= 11 is 0. The number of hydrogen-bond donors (Lipinski definition) is 0. The van der Waals surface area contributed by atoms with Crippen molar-refractivity contribution >= 4 is 16.7 Å². The van der Waals surface area contributed by atoms with Crippen LogP contribution in [0.1, 0.15) is 11.3 Å². The Bertz CT molecular complexity index is 850. The second-order valence-electron chi connectivity index (χ2n) is 5.63. The van der Waals surface area contributed by atoms with Gasteiger partial charge in [-0.25, -0.2) is 0 Å². The molecular formula is C19H19N3O2. The number of aromatic nitrogens is 2. The van der Waals surface area contributed by atoms with Gasteiger partial charge in [-0.05, 0) is 28.5 Å². The van der Waals surface area contributed by atoms with Crippen LogP contribution in [0.4, 0.5) is 0 Å². The molecule has 3 aromatic rings. The molecule has 0 bridgehead atoms. The van der Waals surface area contributed by atoms with Crippen LogP contribution in [0.2, 0.25) is 0 Å². The van der Waals surface area contributed by atoms with Crippen molar-refractivity contribution < 1.29 is 9.53 Å². The van der Waals surface area contributed by atoms with Gasteiger partial charge in [-0.15, -0.1) is 0 Å². The molecule has 1 heterocycles. The van der Waals surface area contributed by atoms with E-state index in [-0.39, 0.29) is 5.91 Å². The number of fused-ring (bicyclic) bond motifs is 1. The number of nitrogens with zero attached hydrogens (tertiary/aromatic N) is 3. The molecular weight excluding hydrogens is 302 g/mol. The Labute approximate surface area is 140 Å². The zero-order chi connectivity index (χ0) is 16.9. The van der Waals surface area contributed by atoms with E-state index in [4.69, 9.17) is 4.74 Å². The summed E-state index contributed by atoms with van der Waals surface area (Å²) in [6.45, 7) is 0.445. The van der Waals surface area contributed by atoms with Crippen LogP contribution in [-0.4, -0.2) is 34.9 Å². The van der Waals surface area contributed by atoms with E-state index in [1.54, 1.807) is 37.6 Å². The lowest BCUT2D eigenvalue weighted by Gasteiger charge is -2.17. The van der Waals surface area contributed by atoms with E-state index in [0.717, 1.165) is 27.8 Å². The number of ether oxygens (including phenoxy) is 1. The standard InChI is InChI=1S/C19H19N3O2/c1-22(13-16-12-20-8-9-21-16)19(23)10-15-5-3-4-14-6-7-17(24-2)11-18(14)15/h3-9,11-12H,10,13H2,1-2H3.